The van der Waals surface area contributed by atoms with Crippen LogP contribution >= 0.6 is 15.9 Å². The molecule has 2 N–H and O–H groups in total. The van der Waals surface area contributed by atoms with E-state index in [9.17, 15) is 9.18 Å². The summed E-state index contributed by atoms with van der Waals surface area (Å²) in [4.78, 5) is 15.4. The average Bonchev–Trinajstić information content (AvgIpc) is 3.18. The number of para-hydroxylation sites is 1. The Morgan fingerprint density at radius 1 is 1.13 bits per heavy atom. The number of hydrogen-bond acceptors (Lipinski definition) is 3. The summed E-state index contributed by atoms with van der Waals surface area (Å²) < 4.78 is 19.6. The van der Waals surface area contributed by atoms with Crippen molar-refractivity contribution in [1.29, 1.82) is 0 Å². The Morgan fingerprint density at radius 3 is 2.77 bits per heavy atom. The molecule has 7 heteroatoms. The molecule has 0 fully saturated rings. The zero-order valence-electron chi connectivity index (χ0n) is 16.4. The minimum atomic E-state index is -0.280. The van der Waals surface area contributed by atoms with Crippen LogP contribution in [0.3, 0.4) is 0 Å². The van der Waals surface area contributed by atoms with Gasteiger partial charge in [0.05, 0.1) is 12.6 Å². The maximum atomic E-state index is 13.0. The van der Waals surface area contributed by atoms with E-state index in [2.05, 4.69) is 31.4 Å². The number of nitrogens with zero attached hydrogens (tertiary/aromatic N) is 1. The SMILES string of the molecule is O=C(Cc1c[nH]c2ccccc12)N/N=C\c1cc(OCc2ccc(F)cc2)ccc1Br. The van der Waals surface area contributed by atoms with Crippen molar-refractivity contribution in [3.63, 3.8) is 0 Å². The second-order valence-electron chi connectivity index (χ2n) is 6.93. The lowest BCUT2D eigenvalue weighted by Gasteiger charge is -2.08. The predicted molar refractivity (Wildman–Crippen MR) is 123 cm³/mol. The summed E-state index contributed by atoms with van der Waals surface area (Å²) in [6, 6.07) is 19.5. The number of benzene rings is 3. The van der Waals surface area contributed by atoms with Crippen molar-refractivity contribution in [2.45, 2.75) is 13.0 Å². The van der Waals surface area contributed by atoms with E-state index in [1.54, 1.807) is 18.3 Å². The monoisotopic (exact) mass is 479 g/mol. The highest BCUT2D eigenvalue weighted by Gasteiger charge is 2.08. The molecule has 0 saturated heterocycles. The summed E-state index contributed by atoms with van der Waals surface area (Å²) in [7, 11) is 0. The van der Waals surface area contributed by atoms with E-state index in [1.165, 1.54) is 12.1 Å². The Labute approximate surface area is 187 Å². The number of fused-ring (bicyclic) bond motifs is 1. The quantitative estimate of drug-likeness (QED) is 0.277. The summed E-state index contributed by atoms with van der Waals surface area (Å²) >= 11 is 3.47. The summed E-state index contributed by atoms with van der Waals surface area (Å²) in [6.45, 7) is 0.319. The number of hydrogen-bond donors (Lipinski definition) is 2. The highest BCUT2D eigenvalue weighted by atomic mass is 79.9. The second kappa shape index (κ2) is 9.57. The van der Waals surface area contributed by atoms with E-state index in [0.717, 1.165) is 32.1 Å². The van der Waals surface area contributed by atoms with Crippen LogP contribution in [-0.4, -0.2) is 17.1 Å². The van der Waals surface area contributed by atoms with Gasteiger partial charge in [0.2, 0.25) is 5.91 Å². The van der Waals surface area contributed by atoms with Crippen LogP contribution in [0, 0.1) is 5.82 Å². The average molecular weight is 480 g/mol. The van der Waals surface area contributed by atoms with Gasteiger partial charge in [0.15, 0.2) is 0 Å². The molecule has 4 rings (SSSR count). The van der Waals surface area contributed by atoms with Crippen LogP contribution < -0.4 is 10.2 Å². The Hall–Kier alpha value is -3.45. The number of rotatable bonds is 7. The van der Waals surface area contributed by atoms with E-state index in [4.69, 9.17) is 4.74 Å². The molecule has 156 valence electrons. The number of ether oxygens (including phenoxy) is 1. The zero-order chi connectivity index (χ0) is 21.6. The van der Waals surface area contributed by atoms with Crippen molar-refractivity contribution in [2.24, 2.45) is 5.10 Å². The number of carbonyl (C=O) groups is 1. The molecule has 1 heterocycles. The van der Waals surface area contributed by atoms with Crippen LogP contribution in [0.4, 0.5) is 4.39 Å². The highest BCUT2D eigenvalue weighted by Crippen LogP contribution is 2.22. The van der Waals surface area contributed by atoms with Gasteiger partial charge in [-0.15, -0.1) is 0 Å². The largest absolute Gasteiger partial charge is 0.489 e. The number of aromatic amines is 1. The lowest BCUT2D eigenvalue weighted by atomic mass is 10.1. The fourth-order valence-electron chi connectivity index (χ4n) is 3.12. The zero-order valence-corrected chi connectivity index (χ0v) is 18.0. The van der Waals surface area contributed by atoms with Crippen molar-refractivity contribution in [3.05, 3.63) is 99.9 Å². The number of nitrogens with one attached hydrogen (secondary N) is 2. The van der Waals surface area contributed by atoms with Gasteiger partial charge in [0.1, 0.15) is 18.2 Å². The maximum absolute atomic E-state index is 13.0. The number of aromatic nitrogens is 1. The molecule has 0 saturated carbocycles. The van der Waals surface area contributed by atoms with Gasteiger partial charge in [0.25, 0.3) is 0 Å². The van der Waals surface area contributed by atoms with Crippen LogP contribution in [0.15, 0.2) is 82.5 Å². The third-order valence-electron chi connectivity index (χ3n) is 4.71. The van der Waals surface area contributed by atoms with Gasteiger partial charge in [-0.1, -0.05) is 46.3 Å². The number of amides is 1. The number of halogens is 2. The molecule has 0 atom stereocenters. The fourth-order valence-corrected chi connectivity index (χ4v) is 3.47. The van der Waals surface area contributed by atoms with E-state index < -0.39 is 0 Å². The molecule has 1 amide bonds. The second-order valence-corrected chi connectivity index (χ2v) is 7.78. The molecule has 0 aliphatic heterocycles. The highest BCUT2D eigenvalue weighted by molar-refractivity contribution is 9.10. The van der Waals surface area contributed by atoms with E-state index in [0.29, 0.717) is 12.4 Å². The van der Waals surface area contributed by atoms with Crippen LogP contribution in [0.2, 0.25) is 0 Å². The smallest absolute Gasteiger partial charge is 0.244 e. The van der Waals surface area contributed by atoms with Gasteiger partial charge in [0, 0.05) is 27.1 Å². The molecule has 0 aliphatic rings. The van der Waals surface area contributed by atoms with Crippen molar-refractivity contribution < 1.29 is 13.9 Å². The number of hydrazone groups is 1. The van der Waals surface area contributed by atoms with E-state index >= 15 is 0 Å². The molecule has 3 aromatic carbocycles. The minimum absolute atomic E-state index is 0.208. The van der Waals surface area contributed by atoms with Crippen LogP contribution in [0.5, 0.6) is 5.75 Å². The number of carbonyl (C=O) groups excluding carboxylic acids is 1. The third-order valence-corrected chi connectivity index (χ3v) is 5.43. The molecule has 5 nitrogen and oxygen atoms in total. The Kier molecular flexibility index (Phi) is 6.43. The standard InChI is InChI=1S/C24H19BrFN3O2/c25-22-10-9-20(31-15-16-5-7-19(26)8-6-16)11-18(22)14-28-29-24(30)12-17-13-27-23-4-2-1-3-21(17)23/h1-11,13-14,27H,12,15H2,(H,29,30)/b28-14-. The van der Waals surface area contributed by atoms with Crippen LogP contribution in [0.1, 0.15) is 16.7 Å². The third kappa shape index (κ3) is 5.38. The summed E-state index contributed by atoms with van der Waals surface area (Å²) in [5.74, 6) is 0.151. The van der Waals surface area contributed by atoms with Crippen LogP contribution in [0.25, 0.3) is 10.9 Å². The van der Waals surface area contributed by atoms with Gasteiger partial charge in [-0.3, -0.25) is 4.79 Å². The first kappa shape index (κ1) is 20.8. The van der Waals surface area contributed by atoms with Gasteiger partial charge in [-0.2, -0.15) is 5.10 Å². The molecule has 0 aliphatic carbocycles. The fraction of sp³-hybridized carbons (Fsp3) is 0.0833. The Morgan fingerprint density at radius 2 is 1.94 bits per heavy atom. The first-order chi connectivity index (χ1) is 15.1. The molecule has 0 spiro atoms. The number of H-pyrrole nitrogens is 1. The van der Waals surface area contributed by atoms with Gasteiger partial charge in [-0.05, 0) is 47.5 Å². The molecule has 0 radical (unpaired) electrons. The van der Waals surface area contributed by atoms with Crippen molar-refractivity contribution >= 4 is 39.0 Å². The van der Waals surface area contributed by atoms with Crippen molar-refractivity contribution in [1.82, 2.24) is 10.4 Å². The van der Waals surface area contributed by atoms with Gasteiger partial charge >= 0.3 is 0 Å². The molecular weight excluding hydrogens is 461 g/mol. The molecule has 0 unspecified atom stereocenters. The topological polar surface area (TPSA) is 66.5 Å². The summed E-state index contributed by atoms with van der Waals surface area (Å²) in [5, 5.41) is 5.09. The van der Waals surface area contributed by atoms with Crippen molar-refractivity contribution in [2.75, 3.05) is 0 Å². The van der Waals surface area contributed by atoms with Crippen LogP contribution in [-0.2, 0) is 17.8 Å². The normalized spacial score (nSPS) is 11.2. The Bertz CT molecular complexity index is 1240. The molecule has 1 aromatic heterocycles. The van der Waals surface area contributed by atoms with Gasteiger partial charge in [-0.25, -0.2) is 9.82 Å². The molecule has 4 aromatic rings. The minimum Gasteiger partial charge on any atom is -0.489 e. The van der Waals surface area contributed by atoms with Crippen molar-refractivity contribution in [3.8, 4) is 5.75 Å². The molecule has 0 bridgehead atoms. The van der Waals surface area contributed by atoms with E-state index in [-0.39, 0.29) is 18.1 Å². The van der Waals surface area contributed by atoms with E-state index in [1.807, 2.05) is 48.7 Å². The summed E-state index contributed by atoms with van der Waals surface area (Å²) in [5.41, 5.74) is 6.09. The first-order valence-electron chi connectivity index (χ1n) is 9.62. The van der Waals surface area contributed by atoms with Gasteiger partial charge < -0.3 is 9.72 Å². The molecule has 31 heavy (non-hydrogen) atoms. The summed E-state index contributed by atoms with van der Waals surface area (Å²) in [6.07, 6.45) is 3.62. The maximum Gasteiger partial charge on any atom is 0.244 e. The first-order valence-corrected chi connectivity index (χ1v) is 10.4. The predicted octanol–water partition coefficient (Wildman–Crippen LogP) is 5.34. The molecular formula is C24H19BrFN3O2. The lowest BCUT2D eigenvalue weighted by molar-refractivity contribution is -0.120. The lowest BCUT2D eigenvalue weighted by Crippen LogP contribution is -2.19. The Balaban J connectivity index is 1.36.